The predicted octanol–water partition coefficient (Wildman–Crippen LogP) is 2.70. The summed E-state index contributed by atoms with van der Waals surface area (Å²) in [7, 11) is -3.50. The van der Waals surface area contributed by atoms with E-state index in [4.69, 9.17) is 5.73 Å². The van der Waals surface area contributed by atoms with Crippen LogP contribution >= 0.6 is 0 Å². The van der Waals surface area contributed by atoms with Crippen molar-refractivity contribution in [1.82, 2.24) is 9.29 Å². The van der Waals surface area contributed by atoms with Gasteiger partial charge < -0.3 is 10.7 Å². The van der Waals surface area contributed by atoms with Crippen LogP contribution in [0.25, 0.3) is 10.9 Å². The van der Waals surface area contributed by atoms with Gasteiger partial charge in [-0.15, -0.1) is 0 Å². The van der Waals surface area contributed by atoms with E-state index in [1.807, 2.05) is 13.8 Å². The van der Waals surface area contributed by atoms with Gasteiger partial charge in [0.25, 0.3) is 0 Å². The molecule has 1 aliphatic heterocycles. The van der Waals surface area contributed by atoms with Crippen LogP contribution in [-0.2, 0) is 10.0 Å². The van der Waals surface area contributed by atoms with Crippen LogP contribution in [0, 0.1) is 0 Å². The van der Waals surface area contributed by atoms with Crippen LogP contribution in [0.1, 0.15) is 33.1 Å². The molecular weight excluding hydrogens is 286 g/mol. The maximum atomic E-state index is 13.0. The van der Waals surface area contributed by atoms with Crippen molar-refractivity contribution in [3.8, 4) is 0 Å². The second kappa shape index (κ2) is 5.03. The Hall–Kier alpha value is -1.53. The molecule has 114 valence electrons. The third-order valence-corrected chi connectivity index (χ3v) is 6.50. The number of sulfonamides is 1. The van der Waals surface area contributed by atoms with Gasteiger partial charge >= 0.3 is 0 Å². The van der Waals surface area contributed by atoms with Gasteiger partial charge in [-0.1, -0.05) is 6.42 Å². The van der Waals surface area contributed by atoms with Gasteiger partial charge in [0.05, 0.1) is 0 Å². The van der Waals surface area contributed by atoms with Crippen molar-refractivity contribution in [3.63, 3.8) is 0 Å². The summed E-state index contributed by atoms with van der Waals surface area (Å²) in [4.78, 5) is 3.36. The third kappa shape index (κ3) is 2.32. The number of nitrogens with two attached hydrogens (primary N) is 1. The highest BCUT2D eigenvalue weighted by Crippen LogP contribution is 2.33. The number of anilines is 1. The molecule has 2 unspecified atom stereocenters. The van der Waals surface area contributed by atoms with Crippen LogP contribution in [-0.4, -0.2) is 29.8 Å². The summed E-state index contributed by atoms with van der Waals surface area (Å²) in [6, 6.07) is 5.35. The summed E-state index contributed by atoms with van der Waals surface area (Å²) in [5.74, 6) is 0. The molecule has 0 spiro atoms. The number of hydrogen-bond donors (Lipinski definition) is 2. The lowest BCUT2D eigenvalue weighted by Gasteiger charge is -2.37. The monoisotopic (exact) mass is 307 g/mol. The quantitative estimate of drug-likeness (QED) is 0.837. The van der Waals surface area contributed by atoms with Crippen LogP contribution in [0.15, 0.2) is 29.3 Å². The molecule has 0 amide bonds. The molecule has 6 heteroatoms. The van der Waals surface area contributed by atoms with Crippen molar-refractivity contribution < 1.29 is 8.42 Å². The van der Waals surface area contributed by atoms with Gasteiger partial charge in [-0.05, 0) is 44.9 Å². The highest BCUT2D eigenvalue weighted by Gasteiger charge is 2.36. The Kier molecular flexibility index (Phi) is 3.45. The summed E-state index contributed by atoms with van der Waals surface area (Å²) in [6.07, 6.45) is 4.49. The average molecular weight is 307 g/mol. The van der Waals surface area contributed by atoms with Crippen molar-refractivity contribution in [2.45, 2.75) is 50.1 Å². The van der Waals surface area contributed by atoms with Gasteiger partial charge in [-0.2, -0.15) is 4.31 Å². The van der Waals surface area contributed by atoms with Gasteiger partial charge in [0.1, 0.15) is 4.90 Å². The van der Waals surface area contributed by atoms with Gasteiger partial charge in [-0.3, -0.25) is 0 Å². The van der Waals surface area contributed by atoms with Crippen LogP contribution in [0.3, 0.4) is 0 Å². The van der Waals surface area contributed by atoms with E-state index in [9.17, 15) is 8.42 Å². The van der Waals surface area contributed by atoms with E-state index in [1.165, 1.54) is 0 Å². The zero-order chi connectivity index (χ0) is 15.2. The summed E-state index contributed by atoms with van der Waals surface area (Å²) in [6.45, 7) is 3.97. The van der Waals surface area contributed by atoms with Crippen LogP contribution in [0.4, 0.5) is 5.69 Å². The first kappa shape index (κ1) is 14.4. The molecule has 3 rings (SSSR count). The second-order valence-corrected chi connectivity index (χ2v) is 7.73. The fraction of sp³-hybridized carbons (Fsp3) is 0.467. The number of hydrogen-bond acceptors (Lipinski definition) is 3. The number of nitrogens with zero attached hydrogens (tertiary/aromatic N) is 1. The molecule has 1 aromatic carbocycles. The maximum Gasteiger partial charge on any atom is 0.245 e. The van der Waals surface area contributed by atoms with Crippen molar-refractivity contribution in [3.05, 3.63) is 24.4 Å². The van der Waals surface area contributed by atoms with E-state index >= 15 is 0 Å². The van der Waals surface area contributed by atoms with Crippen molar-refractivity contribution >= 4 is 26.6 Å². The Bertz CT molecular complexity index is 756. The topological polar surface area (TPSA) is 79.2 Å². The fourth-order valence-electron chi connectivity index (χ4n) is 3.32. The Labute approximate surface area is 125 Å². The first-order chi connectivity index (χ1) is 9.91. The van der Waals surface area contributed by atoms with Crippen LogP contribution < -0.4 is 5.73 Å². The summed E-state index contributed by atoms with van der Waals surface area (Å²) >= 11 is 0. The molecule has 0 bridgehead atoms. The Balaban J connectivity index is 2.11. The number of rotatable bonds is 2. The highest BCUT2D eigenvalue weighted by molar-refractivity contribution is 7.89. The molecule has 2 atom stereocenters. The van der Waals surface area contributed by atoms with E-state index in [0.717, 1.165) is 24.8 Å². The largest absolute Gasteiger partial charge is 0.399 e. The normalized spacial score (nSPS) is 24.5. The predicted molar refractivity (Wildman–Crippen MR) is 84.5 cm³/mol. The molecular formula is C15H21N3O2S. The minimum absolute atomic E-state index is 0.0393. The fourth-order valence-corrected chi connectivity index (χ4v) is 5.36. The van der Waals surface area contributed by atoms with E-state index in [2.05, 4.69) is 4.98 Å². The van der Waals surface area contributed by atoms with Crippen molar-refractivity contribution in [2.75, 3.05) is 5.73 Å². The first-order valence-corrected chi connectivity index (χ1v) is 8.75. The number of H-pyrrole nitrogens is 1. The molecule has 1 fully saturated rings. The lowest BCUT2D eigenvalue weighted by Crippen LogP contribution is -2.47. The number of nitrogens with one attached hydrogen (secondary N) is 1. The average Bonchev–Trinajstić information content (AvgIpc) is 2.81. The molecule has 1 saturated heterocycles. The molecule has 21 heavy (non-hydrogen) atoms. The molecule has 2 aromatic rings. The molecule has 3 N–H and O–H groups in total. The number of benzene rings is 1. The molecule has 1 aliphatic rings. The minimum Gasteiger partial charge on any atom is -0.399 e. The lowest BCUT2D eigenvalue weighted by atomic mass is 10.0. The third-order valence-electron chi connectivity index (χ3n) is 4.34. The number of aromatic nitrogens is 1. The Morgan fingerprint density at radius 1 is 1.24 bits per heavy atom. The van der Waals surface area contributed by atoms with Gasteiger partial charge in [0.2, 0.25) is 10.0 Å². The van der Waals surface area contributed by atoms with E-state index in [1.54, 1.807) is 28.7 Å². The molecule has 5 nitrogen and oxygen atoms in total. The van der Waals surface area contributed by atoms with Crippen molar-refractivity contribution in [2.24, 2.45) is 0 Å². The Morgan fingerprint density at radius 3 is 2.57 bits per heavy atom. The van der Waals surface area contributed by atoms with Crippen LogP contribution in [0.2, 0.25) is 0 Å². The number of aromatic amines is 1. The van der Waals surface area contributed by atoms with Crippen LogP contribution in [0.5, 0.6) is 0 Å². The molecule has 0 radical (unpaired) electrons. The summed E-state index contributed by atoms with van der Waals surface area (Å²) < 4.78 is 27.7. The molecule has 2 heterocycles. The summed E-state index contributed by atoms with van der Waals surface area (Å²) in [5, 5.41) is 0.703. The minimum atomic E-state index is -3.50. The number of nitrogen functional groups attached to an aromatic ring is 1. The van der Waals surface area contributed by atoms with Crippen molar-refractivity contribution in [1.29, 1.82) is 0 Å². The number of fused-ring (bicyclic) bond motifs is 1. The first-order valence-electron chi connectivity index (χ1n) is 7.31. The standard InChI is InChI=1S/C15H21N3O2S/c1-10-4-3-5-11(2)18(10)21(19,20)15-9-17-14-8-12(16)6-7-13(14)15/h6-11,17H,3-5,16H2,1-2H3. The van der Waals surface area contributed by atoms with E-state index < -0.39 is 10.0 Å². The molecule has 1 aromatic heterocycles. The maximum absolute atomic E-state index is 13.0. The highest BCUT2D eigenvalue weighted by atomic mass is 32.2. The zero-order valence-corrected chi connectivity index (χ0v) is 13.2. The second-order valence-electron chi connectivity index (χ2n) is 5.92. The lowest BCUT2D eigenvalue weighted by molar-refractivity contribution is 0.204. The summed E-state index contributed by atoms with van der Waals surface area (Å²) in [5.41, 5.74) is 7.12. The number of piperidine rings is 1. The SMILES string of the molecule is CC1CCCC(C)N1S(=O)(=O)c1c[nH]c2cc(N)ccc12. The van der Waals surface area contributed by atoms with Gasteiger partial charge in [0, 0.05) is 34.9 Å². The Morgan fingerprint density at radius 2 is 1.90 bits per heavy atom. The van der Waals surface area contributed by atoms with Gasteiger partial charge in [-0.25, -0.2) is 8.42 Å². The molecule has 0 saturated carbocycles. The van der Waals surface area contributed by atoms with Gasteiger partial charge in [0.15, 0.2) is 0 Å². The smallest absolute Gasteiger partial charge is 0.245 e. The zero-order valence-electron chi connectivity index (χ0n) is 12.3. The van der Waals surface area contributed by atoms with E-state index in [-0.39, 0.29) is 12.1 Å². The molecule has 0 aliphatic carbocycles. The van der Waals surface area contributed by atoms with E-state index in [0.29, 0.717) is 16.0 Å².